The summed E-state index contributed by atoms with van der Waals surface area (Å²) in [6.07, 6.45) is -1.56. The van der Waals surface area contributed by atoms with Crippen LogP contribution in [-0.4, -0.2) is 45.8 Å². The third kappa shape index (κ3) is 5.92. The summed E-state index contributed by atoms with van der Waals surface area (Å²) in [5.41, 5.74) is -0.719. The van der Waals surface area contributed by atoms with E-state index in [1.54, 1.807) is 78.9 Å². The number of hydrogen-bond acceptors (Lipinski definition) is 8. The van der Waals surface area contributed by atoms with Crippen molar-refractivity contribution in [3.8, 4) is 0 Å². The highest BCUT2D eigenvalue weighted by molar-refractivity contribution is 5.95. The topological polar surface area (TPSA) is 123 Å². The molecule has 3 atom stereocenters. The van der Waals surface area contributed by atoms with Crippen LogP contribution in [0.5, 0.6) is 0 Å². The smallest absolute Gasteiger partial charge is 0.340 e. The summed E-state index contributed by atoms with van der Waals surface area (Å²) < 4.78 is 19.0. The van der Waals surface area contributed by atoms with Crippen molar-refractivity contribution in [2.45, 2.75) is 31.8 Å². The van der Waals surface area contributed by atoms with Crippen LogP contribution in [-0.2, 0) is 14.2 Å². The molecule has 0 bridgehead atoms. The Morgan fingerprint density at radius 1 is 0.805 bits per heavy atom. The molecule has 208 valence electrons. The third-order valence-electron chi connectivity index (χ3n) is 6.66. The Morgan fingerprint density at radius 3 is 1.93 bits per heavy atom. The Hall–Kier alpha value is -5.09. The number of rotatable bonds is 7. The van der Waals surface area contributed by atoms with Crippen molar-refractivity contribution in [3.63, 3.8) is 0 Å². The van der Waals surface area contributed by atoms with Crippen LogP contribution in [0.4, 0.5) is 0 Å². The fourth-order valence-electron chi connectivity index (χ4n) is 4.53. The standard InChI is InChI=1S/C31H26N2O8/c1-20-18-32(31(38)33(27(20)34)28(35)21-11-5-2-6-12-21)26-17-24(41-30(37)23-15-9-4-10-16-23)25(40-26)19-39-29(36)22-13-7-3-8-14-22/h2-16,18,24-26H,17,19H2,1H3. The van der Waals surface area contributed by atoms with Crippen molar-refractivity contribution in [2.75, 3.05) is 6.61 Å². The van der Waals surface area contributed by atoms with Crippen molar-refractivity contribution in [1.29, 1.82) is 0 Å². The van der Waals surface area contributed by atoms with Crippen LogP contribution >= 0.6 is 0 Å². The van der Waals surface area contributed by atoms with Crippen molar-refractivity contribution in [2.24, 2.45) is 0 Å². The van der Waals surface area contributed by atoms with Gasteiger partial charge in [0.15, 0.2) is 0 Å². The first-order chi connectivity index (χ1) is 19.8. The number of hydrogen-bond donors (Lipinski definition) is 0. The van der Waals surface area contributed by atoms with Gasteiger partial charge in [-0.15, -0.1) is 0 Å². The van der Waals surface area contributed by atoms with Gasteiger partial charge in [-0.3, -0.25) is 14.2 Å². The van der Waals surface area contributed by atoms with E-state index in [2.05, 4.69) is 0 Å². The van der Waals surface area contributed by atoms with E-state index < -0.39 is 47.5 Å². The van der Waals surface area contributed by atoms with E-state index in [0.717, 1.165) is 4.57 Å². The number of aryl methyl sites for hydroxylation is 1. The lowest BCUT2D eigenvalue weighted by Gasteiger charge is -2.19. The third-order valence-corrected chi connectivity index (χ3v) is 6.66. The number of benzene rings is 3. The highest BCUT2D eigenvalue weighted by Crippen LogP contribution is 2.31. The SMILES string of the molecule is Cc1cn(C2CC(OC(=O)c3ccccc3)C(COC(=O)c3ccccc3)O2)c(=O)n(C(=O)c2ccccc2)c1=O. The predicted molar refractivity (Wildman–Crippen MR) is 147 cm³/mol. The lowest BCUT2D eigenvalue weighted by atomic mass is 10.1. The normalized spacial score (nSPS) is 18.0. The minimum Gasteiger partial charge on any atom is -0.459 e. The fraction of sp³-hybridized carbons (Fsp3) is 0.194. The van der Waals surface area contributed by atoms with E-state index >= 15 is 0 Å². The molecule has 3 aromatic carbocycles. The van der Waals surface area contributed by atoms with Crippen LogP contribution in [0.15, 0.2) is 107 Å². The molecule has 1 aliphatic rings. The second kappa shape index (κ2) is 12.0. The number of carbonyl (C=O) groups is 3. The Kier molecular flexibility index (Phi) is 8.02. The van der Waals surface area contributed by atoms with Gasteiger partial charge in [0.2, 0.25) is 0 Å². The molecule has 3 unspecified atom stereocenters. The van der Waals surface area contributed by atoms with E-state index in [1.165, 1.54) is 25.3 Å². The van der Waals surface area contributed by atoms with Crippen molar-refractivity contribution in [3.05, 3.63) is 140 Å². The molecule has 1 aromatic heterocycles. The quantitative estimate of drug-likeness (QED) is 0.319. The van der Waals surface area contributed by atoms with Crippen molar-refractivity contribution < 1.29 is 28.6 Å². The molecule has 0 radical (unpaired) electrons. The van der Waals surface area contributed by atoms with E-state index in [-0.39, 0.29) is 24.2 Å². The van der Waals surface area contributed by atoms with E-state index in [1.807, 2.05) is 0 Å². The maximum atomic E-state index is 13.5. The van der Waals surface area contributed by atoms with Crippen LogP contribution in [0.3, 0.4) is 0 Å². The second-order valence-corrected chi connectivity index (χ2v) is 9.45. The van der Waals surface area contributed by atoms with Crippen LogP contribution in [0, 0.1) is 6.92 Å². The molecular weight excluding hydrogens is 528 g/mol. The highest BCUT2D eigenvalue weighted by atomic mass is 16.6. The van der Waals surface area contributed by atoms with E-state index in [9.17, 15) is 24.0 Å². The zero-order valence-corrected chi connectivity index (χ0v) is 22.0. The first-order valence-electron chi connectivity index (χ1n) is 12.9. The number of nitrogens with zero attached hydrogens (tertiary/aromatic N) is 2. The van der Waals surface area contributed by atoms with Crippen LogP contribution in [0.2, 0.25) is 0 Å². The van der Waals surface area contributed by atoms with Gasteiger partial charge in [0, 0.05) is 23.7 Å². The summed E-state index contributed by atoms with van der Waals surface area (Å²) in [4.78, 5) is 64.9. The highest BCUT2D eigenvalue weighted by Gasteiger charge is 2.41. The zero-order valence-electron chi connectivity index (χ0n) is 22.0. The number of carbonyl (C=O) groups excluding carboxylic acids is 3. The fourth-order valence-corrected chi connectivity index (χ4v) is 4.53. The molecule has 4 aromatic rings. The molecule has 0 aliphatic carbocycles. The Labute approximate surface area is 234 Å². The Bertz CT molecular complexity index is 1680. The van der Waals surface area contributed by atoms with Gasteiger partial charge in [0.25, 0.3) is 11.5 Å². The first-order valence-corrected chi connectivity index (χ1v) is 12.9. The average Bonchev–Trinajstić information content (AvgIpc) is 3.41. The molecule has 2 heterocycles. The number of esters is 2. The van der Waals surface area contributed by atoms with Gasteiger partial charge < -0.3 is 14.2 Å². The summed E-state index contributed by atoms with van der Waals surface area (Å²) in [7, 11) is 0. The average molecular weight is 555 g/mol. The van der Waals surface area contributed by atoms with Gasteiger partial charge in [-0.05, 0) is 43.3 Å². The van der Waals surface area contributed by atoms with E-state index in [4.69, 9.17) is 14.2 Å². The maximum Gasteiger partial charge on any atom is 0.340 e. The molecule has 0 saturated carbocycles. The summed E-state index contributed by atoms with van der Waals surface area (Å²) in [6, 6.07) is 24.7. The second-order valence-electron chi connectivity index (χ2n) is 9.45. The van der Waals surface area contributed by atoms with Gasteiger partial charge in [-0.25, -0.2) is 14.4 Å². The van der Waals surface area contributed by atoms with Crippen molar-refractivity contribution in [1.82, 2.24) is 9.13 Å². The van der Waals surface area contributed by atoms with Gasteiger partial charge in [-0.1, -0.05) is 54.6 Å². The number of aromatic nitrogens is 2. The molecule has 1 fully saturated rings. The maximum absolute atomic E-state index is 13.5. The Morgan fingerprint density at radius 2 is 1.34 bits per heavy atom. The molecule has 0 spiro atoms. The van der Waals surface area contributed by atoms with E-state index in [0.29, 0.717) is 15.7 Å². The molecule has 0 amide bonds. The largest absolute Gasteiger partial charge is 0.459 e. The Balaban J connectivity index is 1.44. The molecule has 10 heteroatoms. The predicted octanol–water partition coefficient (Wildman–Crippen LogP) is 3.38. The molecule has 1 aliphatic heterocycles. The lowest BCUT2D eigenvalue weighted by Crippen LogP contribution is -2.45. The number of ether oxygens (including phenoxy) is 3. The van der Waals surface area contributed by atoms with Crippen LogP contribution in [0.1, 0.15) is 49.3 Å². The summed E-state index contributed by atoms with van der Waals surface area (Å²) in [5, 5.41) is 0. The summed E-state index contributed by atoms with van der Waals surface area (Å²) in [5.74, 6) is -2.00. The molecular formula is C31H26N2O8. The summed E-state index contributed by atoms with van der Waals surface area (Å²) >= 11 is 0. The molecule has 0 N–H and O–H groups in total. The lowest BCUT2D eigenvalue weighted by molar-refractivity contribution is -0.0584. The minimum absolute atomic E-state index is 0.00318. The monoisotopic (exact) mass is 554 g/mol. The van der Waals surface area contributed by atoms with Gasteiger partial charge in [0.1, 0.15) is 25.0 Å². The zero-order chi connectivity index (χ0) is 28.9. The molecule has 1 saturated heterocycles. The first kappa shape index (κ1) is 27.5. The van der Waals surface area contributed by atoms with Gasteiger partial charge in [-0.2, -0.15) is 4.57 Å². The van der Waals surface area contributed by atoms with Crippen LogP contribution in [0.25, 0.3) is 0 Å². The van der Waals surface area contributed by atoms with Crippen molar-refractivity contribution >= 4 is 17.8 Å². The molecule has 41 heavy (non-hydrogen) atoms. The minimum atomic E-state index is -1.02. The molecule has 10 nitrogen and oxygen atoms in total. The van der Waals surface area contributed by atoms with Gasteiger partial charge in [0.05, 0.1) is 11.1 Å². The van der Waals surface area contributed by atoms with Gasteiger partial charge >= 0.3 is 17.6 Å². The van der Waals surface area contributed by atoms with Crippen LogP contribution < -0.4 is 11.2 Å². The molecule has 5 rings (SSSR count). The summed E-state index contributed by atoms with van der Waals surface area (Å²) in [6.45, 7) is 1.21.